The third-order valence-electron chi connectivity index (χ3n) is 2.09. The van der Waals surface area contributed by atoms with Crippen molar-refractivity contribution in [3.05, 3.63) is 33.8 Å². The van der Waals surface area contributed by atoms with Crippen LogP contribution < -0.4 is 4.74 Å². The van der Waals surface area contributed by atoms with Gasteiger partial charge in [-0.2, -0.15) is 0 Å². The molecule has 17 heavy (non-hydrogen) atoms. The zero-order valence-electron chi connectivity index (χ0n) is 9.24. The van der Waals surface area contributed by atoms with Gasteiger partial charge in [-0.15, -0.1) is 0 Å². The number of carboxylic acid groups (broad SMARTS) is 1. The topological polar surface area (TPSA) is 46.5 Å². The highest BCUT2D eigenvalue weighted by molar-refractivity contribution is 6.42. The van der Waals surface area contributed by atoms with Gasteiger partial charge in [0.2, 0.25) is 0 Å². The van der Waals surface area contributed by atoms with E-state index in [4.69, 9.17) is 33.0 Å². The second kappa shape index (κ2) is 6.52. The Morgan fingerprint density at radius 1 is 1.41 bits per heavy atom. The predicted molar refractivity (Wildman–Crippen MR) is 68.9 cm³/mol. The average molecular weight is 275 g/mol. The van der Waals surface area contributed by atoms with Crippen LogP contribution in [0.4, 0.5) is 0 Å². The summed E-state index contributed by atoms with van der Waals surface area (Å²) >= 11 is 11.7. The number of halogens is 2. The lowest BCUT2D eigenvalue weighted by molar-refractivity contribution is -0.136. The van der Waals surface area contributed by atoms with Gasteiger partial charge in [-0.1, -0.05) is 35.4 Å². The molecule has 0 heterocycles. The van der Waals surface area contributed by atoms with E-state index in [9.17, 15) is 4.79 Å². The molecular weight excluding hydrogens is 263 g/mol. The number of hydrogen-bond acceptors (Lipinski definition) is 2. The molecule has 1 aromatic carbocycles. The summed E-state index contributed by atoms with van der Waals surface area (Å²) < 4.78 is 5.15. The van der Waals surface area contributed by atoms with Gasteiger partial charge < -0.3 is 9.84 Å². The standard InChI is InChI=1S/C12H12Cl2O3/c1-17-11-7-10(14)9(13)6-8(11)4-2-3-5-12(15)16/h2,4,6-7H,3,5H2,1H3,(H,15,16). The molecule has 3 nitrogen and oxygen atoms in total. The minimum absolute atomic E-state index is 0.0974. The fraction of sp³-hybridized carbons (Fsp3) is 0.250. The number of ether oxygens (including phenoxy) is 1. The number of methoxy groups -OCH3 is 1. The van der Waals surface area contributed by atoms with Crippen molar-refractivity contribution < 1.29 is 14.6 Å². The number of rotatable bonds is 5. The number of hydrogen-bond donors (Lipinski definition) is 1. The van der Waals surface area contributed by atoms with Crippen LogP contribution in [-0.2, 0) is 4.79 Å². The Morgan fingerprint density at radius 2 is 2.06 bits per heavy atom. The fourth-order valence-corrected chi connectivity index (χ4v) is 1.59. The van der Waals surface area contributed by atoms with Gasteiger partial charge in [0.15, 0.2) is 0 Å². The van der Waals surface area contributed by atoms with Gasteiger partial charge in [0.1, 0.15) is 5.75 Å². The molecule has 0 amide bonds. The molecule has 1 N–H and O–H groups in total. The number of carbonyl (C=O) groups is 1. The molecule has 0 unspecified atom stereocenters. The minimum atomic E-state index is -0.823. The van der Waals surface area contributed by atoms with Gasteiger partial charge in [0, 0.05) is 18.1 Å². The predicted octanol–water partition coefficient (Wildman–Crippen LogP) is 3.88. The van der Waals surface area contributed by atoms with Crippen LogP contribution in [0.5, 0.6) is 5.75 Å². The molecule has 0 atom stereocenters. The van der Waals surface area contributed by atoms with Crippen molar-refractivity contribution in [2.45, 2.75) is 12.8 Å². The SMILES string of the molecule is COc1cc(Cl)c(Cl)cc1C=CCCC(=O)O. The van der Waals surface area contributed by atoms with Gasteiger partial charge in [-0.05, 0) is 12.5 Å². The quantitative estimate of drug-likeness (QED) is 0.887. The Balaban J connectivity index is 2.82. The molecule has 0 radical (unpaired) electrons. The van der Waals surface area contributed by atoms with Crippen molar-refractivity contribution in [1.29, 1.82) is 0 Å². The maximum Gasteiger partial charge on any atom is 0.303 e. The van der Waals surface area contributed by atoms with Crippen LogP contribution in [0.3, 0.4) is 0 Å². The Bertz CT molecular complexity index is 442. The van der Waals surface area contributed by atoms with E-state index in [1.807, 2.05) is 0 Å². The average Bonchev–Trinajstić information content (AvgIpc) is 2.28. The highest BCUT2D eigenvalue weighted by Gasteiger charge is 2.05. The summed E-state index contributed by atoms with van der Waals surface area (Å²) in [5, 5.41) is 9.35. The van der Waals surface area contributed by atoms with Crippen molar-refractivity contribution in [2.24, 2.45) is 0 Å². The largest absolute Gasteiger partial charge is 0.496 e. The second-order valence-electron chi connectivity index (χ2n) is 3.34. The summed E-state index contributed by atoms with van der Waals surface area (Å²) in [5.74, 6) is -0.221. The van der Waals surface area contributed by atoms with Crippen LogP contribution in [0.15, 0.2) is 18.2 Å². The summed E-state index contributed by atoms with van der Waals surface area (Å²) in [5.41, 5.74) is 0.771. The zero-order chi connectivity index (χ0) is 12.8. The minimum Gasteiger partial charge on any atom is -0.496 e. The van der Waals surface area contributed by atoms with E-state index in [1.54, 1.807) is 24.3 Å². The molecule has 1 aromatic rings. The van der Waals surface area contributed by atoms with E-state index >= 15 is 0 Å². The molecule has 0 aliphatic carbocycles. The van der Waals surface area contributed by atoms with E-state index in [2.05, 4.69) is 0 Å². The van der Waals surface area contributed by atoms with Crippen LogP contribution in [-0.4, -0.2) is 18.2 Å². The Kier molecular flexibility index (Phi) is 5.32. The van der Waals surface area contributed by atoms with Crippen molar-refractivity contribution in [3.8, 4) is 5.75 Å². The molecule has 0 spiro atoms. The third kappa shape index (κ3) is 4.29. The summed E-state index contributed by atoms with van der Waals surface area (Å²) in [6.45, 7) is 0. The van der Waals surface area contributed by atoms with E-state index in [-0.39, 0.29) is 6.42 Å². The van der Waals surface area contributed by atoms with E-state index in [0.717, 1.165) is 5.56 Å². The van der Waals surface area contributed by atoms with Crippen LogP contribution >= 0.6 is 23.2 Å². The summed E-state index contributed by atoms with van der Waals surface area (Å²) in [7, 11) is 1.54. The van der Waals surface area contributed by atoms with Crippen molar-refractivity contribution in [3.63, 3.8) is 0 Å². The smallest absolute Gasteiger partial charge is 0.303 e. The molecule has 92 valence electrons. The summed E-state index contributed by atoms with van der Waals surface area (Å²) in [4.78, 5) is 10.3. The lowest BCUT2D eigenvalue weighted by atomic mass is 10.1. The molecule has 0 aromatic heterocycles. The third-order valence-corrected chi connectivity index (χ3v) is 2.82. The molecular formula is C12H12Cl2O3. The molecule has 0 saturated heterocycles. The lowest BCUT2D eigenvalue weighted by Gasteiger charge is -2.06. The molecule has 1 rings (SSSR count). The molecule has 5 heteroatoms. The fourth-order valence-electron chi connectivity index (χ4n) is 1.27. The number of allylic oxidation sites excluding steroid dienone is 1. The van der Waals surface area contributed by atoms with Crippen LogP contribution in [0.25, 0.3) is 6.08 Å². The van der Waals surface area contributed by atoms with Crippen LogP contribution in [0.2, 0.25) is 10.0 Å². The first-order valence-electron chi connectivity index (χ1n) is 4.96. The second-order valence-corrected chi connectivity index (χ2v) is 4.16. The van der Waals surface area contributed by atoms with Crippen molar-refractivity contribution >= 4 is 35.2 Å². The monoisotopic (exact) mass is 274 g/mol. The molecule has 0 aliphatic rings. The Morgan fingerprint density at radius 3 is 2.65 bits per heavy atom. The Labute approximate surface area is 110 Å². The maximum absolute atomic E-state index is 10.3. The maximum atomic E-state index is 10.3. The highest BCUT2D eigenvalue weighted by Crippen LogP contribution is 2.31. The first-order valence-corrected chi connectivity index (χ1v) is 5.71. The number of carboxylic acids is 1. The highest BCUT2D eigenvalue weighted by atomic mass is 35.5. The number of aliphatic carboxylic acids is 1. The van der Waals surface area contributed by atoms with Gasteiger partial charge in [-0.3, -0.25) is 4.79 Å². The van der Waals surface area contributed by atoms with Gasteiger partial charge >= 0.3 is 5.97 Å². The molecule has 0 bridgehead atoms. The van der Waals surface area contributed by atoms with Crippen molar-refractivity contribution in [1.82, 2.24) is 0 Å². The zero-order valence-corrected chi connectivity index (χ0v) is 10.8. The van der Waals surface area contributed by atoms with Crippen LogP contribution in [0.1, 0.15) is 18.4 Å². The first kappa shape index (κ1) is 13.9. The summed E-state index contributed by atoms with van der Waals surface area (Å²) in [6, 6.07) is 3.31. The molecule has 0 fully saturated rings. The van der Waals surface area contributed by atoms with Gasteiger partial charge in [0.05, 0.1) is 17.2 Å². The van der Waals surface area contributed by atoms with Gasteiger partial charge in [0.25, 0.3) is 0 Å². The first-order chi connectivity index (χ1) is 8.04. The van der Waals surface area contributed by atoms with E-state index in [0.29, 0.717) is 22.2 Å². The molecule has 0 saturated carbocycles. The van der Waals surface area contributed by atoms with Gasteiger partial charge in [-0.25, -0.2) is 0 Å². The van der Waals surface area contributed by atoms with Crippen molar-refractivity contribution in [2.75, 3.05) is 7.11 Å². The molecule has 0 aliphatic heterocycles. The van der Waals surface area contributed by atoms with E-state index in [1.165, 1.54) is 7.11 Å². The summed E-state index contributed by atoms with van der Waals surface area (Å²) in [6.07, 6.45) is 4.08. The number of benzene rings is 1. The lowest BCUT2D eigenvalue weighted by Crippen LogP contribution is -1.92. The Hall–Kier alpha value is -1.19. The normalized spacial score (nSPS) is 10.8. The van der Waals surface area contributed by atoms with E-state index < -0.39 is 5.97 Å². The van der Waals surface area contributed by atoms with Crippen LogP contribution in [0, 0.1) is 0 Å².